The number of ether oxygens (including phenoxy) is 6. The first-order chi connectivity index (χ1) is 18.3. The van der Waals surface area contributed by atoms with Gasteiger partial charge in [-0.3, -0.25) is 4.90 Å². The Hall–Kier alpha value is -0.360. The normalized spacial score (nSPS) is 11.7. The van der Waals surface area contributed by atoms with Crippen molar-refractivity contribution in [2.75, 3.05) is 112 Å². The van der Waals surface area contributed by atoms with Crippen LogP contribution in [0.25, 0.3) is 0 Å². The van der Waals surface area contributed by atoms with Crippen molar-refractivity contribution in [2.24, 2.45) is 0 Å². The Morgan fingerprint density at radius 1 is 0.378 bits per heavy atom. The van der Waals surface area contributed by atoms with Crippen LogP contribution in [0.5, 0.6) is 0 Å². The summed E-state index contributed by atoms with van der Waals surface area (Å²) < 4.78 is 32.8. The molecule has 0 amide bonds. The van der Waals surface area contributed by atoms with Gasteiger partial charge in [0.25, 0.3) is 0 Å². The van der Waals surface area contributed by atoms with Crippen molar-refractivity contribution in [1.29, 1.82) is 0 Å². The average Bonchev–Trinajstić information content (AvgIpc) is 2.91. The lowest BCUT2D eigenvalue weighted by Crippen LogP contribution is -2.32. The number of hydrogen-bond donors (Lipinski definition) is 2. The lowest BCUT2D eigenvalue weighted by atomic mass is 10.1. The number of aliphatic hydroxyl groups is 2. The number of rotatable bonds is 33. The summed E-state index contributed by atoms with van der Waals surface area (Å²) in [5, 5.41) is 17.3. The molecular weight excluding hydrogens is 478 g/mol. The summed E-state index contributed by atoms with van der Waals surface area (Å²) in [4.78, 5) is 2.43. The summed E-state index contributed by atoms with van der Waals surface area (Å²) in [5.41, 5.74) is 0. The molecule has 2 N–H and O–H groups in total. The van der Waals surface area contributed by atoms with Crippen LogP contribution in [-0.2, 0) is 28.4 Å². The van der Waals surface area contributed by atoms with Crippen LogP contribution in [-0.4, -0.2) is 127 Å². The summed E-state index contributed by atoms with van der Waals surface area (Å²) in [6.07, 6.45) is 13.4. The van der Waals surface area contributed by atoms with Gasteiger partial charge in [-0.1, -0.05) is 64.7 Å². The fourth-order valence-corrected chi connectivity index (χ4v) is 3.76. The Labute approximate surface area is 227 Å². The summed E-state index contributed by atoms with van der Waals surface area (Å²) in [6.45, 7) is 11.5. The summed E-state index contributed by atoms with van der Waals surface area (Å²) in [5.74, 6) is 0. The van der Waals surface area contributed by atoms with Gasteiger partial charge in [0.1, 0.15) is 0 Å². The predicted molar refractivity (Wildman–Crippen MR) is 147 cm³/mol. The highest BCUT2D eigenvalue weighted by molar-refractivity contribution is 4.59. The Balaban J connectivity index is 3.87. The van der Waals surface area contributed by atoms with E-state index in [1.54, 1.807) is 0 Å². The number of nitrogens with zero attached hydrogens (tertiary/aromatic N) is 1. The minimum Gasteiger partial charge on any atom is -0.394 e. The molecule has 9 nitrogen and oxygen atoms in total. The molecule has 0 aliphatic heterocycles. The summed E-state index contributed by atoms with van der Waals surface area (Å²) >= 11 is 0. The molecule has 0 bridgehead atoms. The van der Waals surface area contributed by atoms with Crippen LogP contribution in [0.4, 0.5) is 0 Å². The van der Waals surface area contributed by atoms with Crippen molar-refractivity contribution in [1.82, 2.24) is 4.90 Å². The zero-order valence-electron chi connectivity index (χ0n) is 23.9. The van der Waals surface area contributed by atoms with Crippen LogP contribution in [0.3, 0.4) is 0 Å². The van der Waals surface area contributed by atoms with Crippen LogP contribution >= 0.6 is 0 Å². The van der Waals surface area contributed by atoms with E-state index in [4.69, 9.17) is 38.6 Å². The molecule has 0 atom stereocenters. The van der Waals surface area contributed by atoms with Crippen molar-refractivity contribution in [3.63, 3.8) is 0 Å². The molecule has 0 rings (SSSR count). The monoisotopic (exact) mass is 537 g/mol. The van der Waals surface area contributed by atoms with Crippen LogP contribution < -0.4 is 0 Å². The second kappa shape index (κ2) is 33.7. The molecule has 0 aromatic carbocycles. The van der Waals surface area contributed by atoms with Gasteiger partial charge in [-0.25, -0.2) is 0 Å². The molecule has 0 unspecified atom stereocenters. The van der Waals surface area contributed by atoms with E-state index in [1.165, 1.54) is 64.2 Å². The Morgan fingerprint density at radius 2 is 0.703 bits per heavy atom. The topological polar surface area (TPSA) is 99.1 Å². The molecule has 0 radical (unpaired) electrons. The van der Waals surface area contributed by atoms with Gasteiger partial charge in [0.2, 0.25) is 0 Å². The highest BCUT2D eigenvalue weighted by Gasteiger charge is 2.05. The van der Waals surface area contributed by atoms with Gasteiger partial charge in [-0.05, 0) is 13.0 Å². The SMILES string of the molecule is CCCCCCCCCCCCN(CCOCCOCCOCCO)CCOCCOCCOCCO. The van der Waals surface area contributed by atoms with E-state index in [-0.39, 0.29) is 13.2 Å². The second-order valence-electron chi connectivity index (χ2n) is 9.15. The van der Waals surface area contributed by atoms with E-state index in [9.17, 15) is 0 Å². The fraction of sp³-hybridized carbons (Fsp3) is 1.00. The first-order valence-corrected chi connectivity index (χ1v) is 14.8. The molecular formula is C28H59NO8. The first-order valence-electron chi connectivity index (χ1n) is 14.8. The molecule has 0 saturated carbocycles. The summed E-state index contributed by atoms with van der Waals surface area (Å²) in [6, 6.07) is 0. The maximum atomic E-state index is 8.67. The lowest BCUT2D eigenvalue weighted by molar-refractivity contribution is -0.00217. The van der Waals surface area contributed by atoms with E-state index in [0.29, 0.717) is 79.3 Å². The second-order valence-corrected chi connectivity index (χ2v) is 9.15. The lowest BCUT2D eigenvalue weighted by Gasteiger charge is -2.22. The smallest absolute Gasteiger partial charge is 0.0701 e. The predicted octanol–water partition coefficient (Wildman–Crippen LogP) is 3.29. The van der Waals surface area contributed by atoms with Crippen molar-refractivity contribution in [2.45, 2.75) is 71.1 Å². The summed E-state index contributed by atoms with van der Waals surface area (Å²) in [7, 11) is 0. The van der Waals surface area contributed by atoms with Crippen LogP contribution in [0, 0.1) is 0 Å². The minimum absolute atomic E-state index is 0.0408. The van der Waals surface area contributed by atoms with Gasteiger partial charge in [-0.2, -0.15) is 0 Å². The average molecular weight is 538 g/mol. The van der Waals surface area contributed by atoms with Gasteiger partial charge >= 0.3 is 0 Å². The third-order valence-corrected chi connectivity index (χ3v) is 5.89. The zero-order valence-corrected chi connectivity index (χ0v) is 23.9. The van der Waals surface area contributed by atoms with Crippen molar-refractivity contribution in [3.8, 4) is 0 Å². The van der Waals surface area contributed by atoms with E-state index >= 15 is 0 Å². The zero-order chi connectivity index (χ0) is 26.9. The molecule has 9 heteroatoms. The van der Waals surface area contributed by atoms with Gasteiger partial charge in [0.05, 0.1) is 92.5 Å². The number of hydrogen-bond acceptors (Lipinski definition) is 9. The van der Waals surface area contributed by atoms with Gasteiger partial charge in [-0.15, -0.1) is 0 Å². The van der Waals surface area contributed by atoms with Gasteiger partial charge in [0.15, 0.2) is 0 Å². The van der Waals surface area contributed by atoms with Crippen molar-refractivity contribution in [3.05, 3.63) is 0 Å². The van der Waals surface area contributed by atoms with Gasteiger partial charge in [0, 0.05) is 13.1 Å². The number of unbranched alkanes of at least 4 members (excludes halogenated alkanes) is 9. The molecule has 0 aliphatic rings. The molecule has 0 fully saturated rings. The van der Waals surface area contributed by atoms with E-state index in [1.807, 2.05) is 0 Å². The largest absolute Gasteiger partial charge is 0.394 e. The quantitative estimate of drug-likeness (QED) is 0.122. The third kappa shape index (κ3) is 31.8. The highest BCUT2D eigenvalue weighted by atomic mass is 16.6. The molecule has 0 aromatic rings. The molecule has 0 spiro atoms. The molecule has 224 valence electrons. The Morgan fingerprint density at radius 3 is 1.08 bits per heavy atom. The number of aliphatic hydroxyl groups excluding tert-OH is 2. The maximum Gasteiger partial charge on any atom is 0.0701 e. The van der Waals surface area contributed by atoms with Crippen LogP contribution in [0.15, 0.2) is 0 Å². The van der Waals surface area contributed by atoms with Crippen LogP contribution in [0.1, 0.15) is 71.1 Å². The van der Waals surface area contributed by atoms with E-state index in [0.717, 1.165) is 19.6 Å². The molecule has 0 saturated heterocycles. The molecule has 0 aliphatic carbocycles. The van der Waals surface area contributed by atoms with Gasteiger partial charge < -0.3 is 38.6 Å². The standard InChI is InChI=1S/C28H59NO8/c1-2-3-4-5-6-7-8-9-10-11-12-29(13-17-32-21-25-36-27-23-34-19-15-30)14-18-33-22-26-37-28-24-35-20-16-31/h30-31H,2-28H2,1H3. The molecule has 0 heterocycles. The highest BCUT2D eigenvalue weighted by Crippen LogP contribution is 2.10. The molecule has 0 aromatic heterocycles. The third-order valence-electron chi connectivity index (χ3n) is 5.89. The van der Waals surface area contributed by atoms with E-state index < -0.39 is 0 Å². The minimum atomic E-state index is 0.0408. The fourth-order valence-electron chi connectivity index (χ4n) is 3.76. The Bertz CT molecular complexity index is 349. The van der Waals surface area contributed by atoms with Crippen molar-refractivity contribution >= 4 is 0 Å². The molecule has 37 heavy (non-hydrogen) atoms. The maximum absolute atomic E-state index is 8.67. The van der Waals surface area contributed by atoms with Crippen molar-refractivity contribution < 1.29 is 38.6 Å². The van der Waals surface area contributed by atoms with E-state index in [2.05, 4.69) is 11.8 Å². The Kier molecular flexibility index (Phi) is 33.3. The first kappa shape index (κ1) is 36.6. The van der Waals surface area contributed by atoms with Crippen LogP contribution in [0.2, 0.25) is 0 Å².